The summed E-state index contributed by atoms with van der Waals surface area (Å²) in [6, 6.07) is -3.50. The summed E-state index contributed by atoms with van der Waals surface area (Å²) in [4.78, 5) is 66.1. The van der Waals surface area contributed by atoms with Gasteiger partial charge in [-0.15, -0.1) is 0 Å². The normalized spacial score (nSPS) is 22.5. The number of alkyl carbamates (subject to hydrolysis) is 1. The molecule has 222 valence electrons. The first-order valence-electron chi connectivity index (χ1n) is 13.2. The molecule has 0 aromatic rings. The fraction of sp³-hybridized carbons (Fsp3) is 0.808. The van der Waals surface area contributed by atoms with Crippen molar-refractivity contribution in [1.82, 2.24) is 20.9 Å². The van der Waals surface area contributed by atoms with Gasteiger partial charge in [0.1, 0.15) is 12.1 Å². The minimum atomic E-state index is -3.12. The summed E-state index contributed by atoms with van der Waals surface area (Å²) in [5.74, 6) is -6.54. The van der Waals surface area contributed by atoms with Crippen LogP contribution >= 0.6 is 0 Å². The molecule has 0 radical (unpaired) electrons. The molecule has 1 aliphatic carbocycles. The van der Waals surface area contributed by atoms with E-state index < -0.39 is 71.9 Å². The molecule has 1 saturated carbocycles. The standard InChI is InChI=1S/C26H42F2N4O7/c1-25(2,3)20(31-24(37)39-6)23(36)32-14-15-8-7-9-16(15)18(32)21(34)30-17(10-11-26(4,27)28)19(33)22(35)29-12-13-38-5/h15-18,20H,7-14H2,1-6H3,(H,29,35)(H,30,34)(H,31,37)/t15-,16-,17-,18-,20+/m0/s1. The topological polar surface area (TPSA) is 143 Å². The van der Waals surface area contributed by atoms with E-state index in [2.05, 4.69) is 20.7 Å². The molecule has 1 heterocycles. The molecular formula is C26H42F2N4O7. The van der Waals surface area contributed by atoms with E-state index in [0.29, 0.717) is 13.3 Å². The zero-order chi connectivity index (χ0) is 29.5. The molecule has 4 amide bonds. The van der Waals surface area contributed by atoms with E-state index in [1.165, 1.54) is 19.1 Å². The number of ether oxygens (including phenoxy) is 2. The Kier molecular flexibility index (Phi) is 11.2. The number of halogens is 2. The van der Waals surface area contributed by atoms with Crippen molar-refractivity contribution >= 4 is 29.6 Å². The van der Waals surface area contributed by atoms with Crippen LogP contribution in [0.2, 0.25) is 0 Å². The van der Waals surface area contributed by atoms with Gasteiger partial charge >= 0.3 is 6.09 Å². The SMILES string of the molecule is COCCNC(=O)C(=O)[C@H](CCC(C)(F)F)NC(=O)[C@@H]1[C@H]2CCC[C@H]2CN1C(=O)[C@@H](NC(=O)OC)C(C)(C)C. The molecular weight excluding hydrogens is 518 g/mol. The van der Waals surface area contributed by atoms with Gasteiger partial charge in [0.25, 0.3) is 5.91 Å². The Morgan fingerprint density at radius 2 is 1.69 bits per heavy atom. The van der Waals surface area contributed by atoms with Crippen molar-refractivity contribution in [2.24, 2.45) is 17.3 Å². The fourth-order valence-electron chi connectivity index (χ4n) is 5.30. The van der Waals surface area contributed by atoms with Crippen LogP contribution in [0.3, 0.4) is 0 Å². The second-order valence-electron chi connectivity index (χ2n) is 11.5. The summed E-state index contributed by atoms with van der Waals surface area (Å²) in [7, 11) is 2.59. The van der Waals surface area contributed by atoms with Gasteiger partial charge in [-0.1, -0.05) is 27.2 Å². The van der Waals surface area contributed by atoms with Gasteiger partial charge in [-0.3, -0.25) is 19.2 Å². The van der Waals surface area contributed by atoms with E-state index in [9.17, 15) is 32.8 Å². The Morgan fingerprint density at radius 3 is 2.26 bits per heavy atom. The number of nitrogens with zero attached hydrogens (tertiary/aromatic N) is 1. The molecule has 39 heavy (non-hydrogen) atoms. The average Bonchev–Trinajstić information content (AvgIpc) is 3.44. The monoisotopic (exact) mass is 560 g/mol. The van der Waals surface area contributed by atoms with Crippen LogP contribution in [0.4, 0.5) is 13.6 Å². The number of rotatable bonds is 12. The van der Waals surface area contributed by atoms with Crippen LogP contribution in [-0.2, 0) is 28.7 Å². The summed E-state index contributed by atoms with van der Waals surface area (Å²) in [5.41, 5.74) is -0.727. The highest BCUT2D eigenvalue weighted by atomic mass is 19.3. The number of hydrogen-bond donors (Lipinski definition) is 3. The highest BCUT2D eigenvalue weighted by molar-refractivity contribution is 6.38. The van der Waals surface area contributed by atoms with Gasteiger partial charge in [-0.05, 0) is 43.4 Å². The number of ketones is 1. The Labute approximate surface area is 228 Å². The number of nitrogens with one attached hydrogen (secondary N) is 3. The maximum Gasteiger partial charge on any atom is 0.407 e. The van der Waals surface area contributed by atoms with Crippen LogP contribution in [0.25, 0.3) is 0 Å². The quantitative estimate of drug-likeness (QED) is 0.243. The molecule has 0 bridgehead atoms. The zero-order valence-corrected chi connectivity index (χ0v) is 23.6. The van der Waals surface area contributed by atoms with E-state index in [-0.39, 0.29) is 31.5 Å². The van der Waals surface area contributed by atoms with Crippen molar-refractivity contribution in [2.45, 2.75) is 83.8 Å². The number of hydrogen-bond acceptors (Lipinski definition) is 7. The summed E-state index contributed by atoms with van der Waals surface area (Å²) < 4.78 is 36.9. The number of carbonyl (C=O) groups excluding carboxylic acids is 5. The first-order valence-corrected chi connectivity index (χ1v) is 13.2. The van der Waals surface area contributed by atoms with Crippen LogP contribution < -0.4 is 16.0 Å². The van der Waals surface area contributed by atoms with Gasteiger partial charge in [-0.2, -0.15) is 0 Å². The third kappa shape index (κ3) is 8.84. The second-order valence-corrected chi connectivity index (χ2v) is 11.5. The predicted octanol–water partition coefficient (Wildman–Crippen LogP) is 1.64. The van der Waals surface area contributed by atoms with Gasteiger partial charge in [0.2, 0.25) is 23.5 Å². The van der Waals surface area contributed by atoms with E-state index >= 15 is 0 Å². The van der Waals surface area contributed by atoms with Gasteiger partial charge in [0.05, 0.1) is 19.8 Å². The summed E-state index contributed by atoms with van der Waals surface area (Å²) in [5, 5.41) is 7.42. The molecule has 0 aromatic carbocycles. The molecule has 2 fully saturated rings. The number of alkyl halides is 2. The second kappa shape index (κ2) is 13.5. The van der Waals surface area contributed by atoms with Crippen molar-refractivity contribution < 1.29 is 42.2 Å². The summed E-state index contributed by atoms with van der Waals surface area (Å²) in [6.07, 6.45) is 0.333. The maximum atomic E-state index is 13.8. The van der Waals surface area contributed by atoms with E-state index in [1.54, 1.807) is 20.8 Å². The average molecular weight is 561 g/mol. The molecule has 1 aliphatic heterocycles. The number of amides is 4. The highest BCUT2D eigenvalue weighted by Gasteiger charge is 2.52. The molecule has 0 spiro atoms. The first kappa shape index (κ1) is 32.4. The minimum absolute atomic E-state index is 0.0295. The van der Waals surface area contributed by atoms with Crippen LogP contribution in [0, 0.1) is 17.3 Å². The third-order valence-electron chi connectivity index (χ3n) is 7.32. The molecule has 2 rings (SSSR count). The number of methoxy groups -OCH3 is 2. The molecule has 11 nitrogen and oxygen atoms in total. The summed E-state index contributed by atoms with van der Waals surface area (Å²) >= 11 is 0. The van der Waals surface area contributed by atoms with Crippen molar-refractivity contribution in [3.8, 4) is 0 Å². The zero-order valence-electron chi connectivity index (χ0n) is 23.6. The first-order chi connectivity index (χ1) is 18.1. The van der Waals surface area contributed by atoms with Gasteiger partial charge in [0, 0.05) is 26.6 Å². The molecule has 2 aliphatic rings. The molecule has 0 aromatic heterocycles. The van der Waals surface area contributed by atoms with E-state index in [4.69, 9.17) is 4.74 Å². The lowest BCUT2D eigenvalue weighted by Gasteiger charge is -2.36. The highest BCUT2D eigenvalue weighted by Crippen LogP contribution is 2.43. The number of carbonyl (C=O) groups is 5. The van der Waals surface area contributed by atoms with E-state index in [1.807, 2.05) is 0 Å². The molecule has 5 atom stereocenters. The Hall–Kier alpha value is -2.83. The predicted molar refractivity (Wildman–Crippen MR) is 137 cm³/mol. The Balaban J connectivity index is 2.32. The molecule has 13 heteroatoms. The largest absolute Gasteiger partial charge is 0.453 e. The minimum Gasteiger partial charge on any atom is -0.453 e. The third-order valence-corrected chi connectivity index (χ3v) is 7.32. The van der Waals surface area contributed by atoms with Crippen LogP contribution in [0.1, 0.15) is 59.8 Å². The summed E-state index contributed by atoms with van der Waals surface area (Å²) in [6.45, 7) is 6.43. The maximum absolute atomic E-state index is 13.8. The van der Waals surface area contributed by atoms with Gasteiger partial charge in [-0.25, -0.2) is 13.6 Å². The van der Waals surface area contributed by atoms with Crippen molar-refractivity contribution in [3.63, 3.8) is 0 Å². The van der Waals surface area contributed by atoms with Crippen molar-refractivity contribution in [3.05, 3.63) is 0 Å². The van der Waals surface area contributed by atoms with Crippen molar-refractivity contribution in [2.75, 3.05) is 33.9 Å². The Morgan fingerprint density at radius 1 is 1.03 bits per heavy atom. The van der Waals surface area contributed by atoms with E-state index in [0.717, 1.165) is 12.8 Å². The lowest BCUT2D eigenvalue weighted by Crippen LogP contribution is -2.60. The van der Waals surface area contributed by atoms with Crippen LogP contribution in [0.15, 0.2) is 0 Å². The Bertz CT molecular complexity index is 919. The van der Waals surface area contributed by atoms with Crippen LogP contribution in [-0.4, -0.2) is 92.5 Å². The van der Waals surface area contributed by atoms with Gasteiger partial charge < -0.3 is 30.3 Å². The molecule has 3 N–H and O–H groups in total. The lowest BCUT2D eigenvalue weighted by molar-refractivity contribution is -0.145. The molecule has 1 saturated heterocycles. The van der Waals surface area contributed by atoms with Crippen LogP contribution in [0.5, 0.6) is 0 Å². The number of fused-ring (bicyclic) bond motifs is 1. The lowest BCUT2D eigenvalue weighted by atomic mass is 9.85. The molecule has 0 unspecified atom stereocenters. The number of Topliss-reactive ketones (excluding diaryl/α,β-unsaturated/α-hetero) is 1. The fourth-order valence-corrected chi connectivity index (χ4v) is 5.30. The smallest absolute Gasteiger partial charge is 0.407 e. The number of likely N-dealkylation sites (tertiary alicyclic amines) is 1. The van der Waals surface area contributed by atoms with Gasteiger partial charge in [0.15, 0.2) is 0 Å². The van der Waals surface area contributed by atoms with Crippen molar-refractivity contribution in [1.29, 1.82) is 0 Å².